The van der Waals surface area contributed by atoms with E-state index in [-0.39, 0.29) is 43.0 Å². The van der Waals surface area contributed by atoms with Gasteiger partial charge in [0.05, 0.1) is 55.2 Å². The molecule has 3 aromatic heterocycles. The fourth-order valence-corrected chi connectivity index (χ4v) is 5.02. The van der Waals surface area contributed by atoms with E-state index in [9.17, 15) is 9.59 Å². The van der Waals surface area contributed by atoms with Crippen LogP contribution >= 0.6 is 11.6 Å². The van der Waals surface area contributed by atoms with Crippen LogP contribution in [0.25, 0.3) is 5.65 Å². The van der Waals surface area contributed by atoms with Gasteiger partial charge in [0.25, 0.3) is 0 Å². The summed E-state index contributed by atoms with van der Waals surface area (Å²) in [6.45, 7) is 7.45. The highest BCUT2D eigenvalue weighted by atomic mass is 35.5. The lowest BCUT2D eigenvalue weighted by atomic mass is 10.0. The molecular weight excluding hydrogens is 566 g/mol. The summed E-state index contributed by atoms with van der Waals surface area (Å²) in [6, 6.07) is 2.82. The van der Waals surface area contributed by atoms with E-state index in [0.717, 1.165) is 44.8 Å². The van der Waals surface area contributed by atoms with Gasteiger partial charge in [-0.25, -0.2) is 19.3 Å². The van der Waals surface area contributed by atoms with Gasteiger partial charge in [0.2, 0.25) is 11.8 Å². The largest absolute Gasteiger partial charge is 0.474 e. The van der Waals surface area contributed by atoms with Crippen molar-refractivity contribution >= 4 is 40.6 Å². The number of amides is 3. The Bertz CT molecular complexity index is 1340. The summed E-state index contributed by atoms with van der Waals surface area (Å²) >= 11 is 6.14. The zero-order valence-corrected chi connectivity index (χ0v) is 24.1. The molecule has 226 valence electrons. The van der Waals surface area contributed by atoms with Crippen LogP contribution in [0.1, 0.15) is 24.5 Å². The van der Waals surface area contributed by atoms with Crippen molar-refractivity contribution in [1.82, 2.24) is 35.1 Å². The first-order valence-electron chi connectivity index (χ1n) is 14.1. The minimum atomic E-state index is -0.525. The Labute approximate surface area is 248 Å². The first-order valence-corrected chi connectivity index (χ1v) is 14.5. The maximum absolute atomic E-state index is 13.0. The average Bonchev–Trinajstić information content (AvgIpc) is 3.69. The van der Waals surface area contributed by atoms with E-state index in [0.29, 0.717) is 42.8 Å². The first kappa shape index (κ1) is 29.9. The predicted molar refractivity (Wildman–Crippen MR) is 156 cm³/mol. The number of piperazine rings is 1. The highest BCUT2D eigenvalue weighted by Gasteiger charge is 2.25. The van der Waals surface area contributed by atoms with Crippen LogP contribution in [0.3, 0.4) is 0 Å². The van der Waals surface area contributed by atoms with Crippen molar-refractivity contribution in [2.75, 3.05) is 82.9 Å². The zero-order valence-electron chi connectivity index (χ0n) is 23.3. The second-order valence-corrected chi connectivity index (χ2v) is 10.4. The fourth-order valence-electron chi connectivity index (χ4n) is 4.86. The smallest absolute Gasteiger partial charge is 0.323 e. The van der Waals surface area contributed by atoms with Gasteiger partial charge in [-0.05, 0) is 12.5 Å². The second kappa shape index (κ2) is 15.1. The fraction of sp³-hybridized carbons (Fsp3) is 0.519. The molecule has 2 saturated heterocycles. The lowest BCUT2D eigenvalue weighted by molar-refractivity contribution is -0.122. The van der Waals surface area contributed by atoms with Crippen LogP contribution in [0.2, 0.25) is 5.02 Å². The molecule has 3 aromatic rings. The molecule has 1 atom stereocenters. The van der Waals surface area contributed by atoms with Crippen molar-refractivity contribution in [2.45, 2.75) is 18.8 Å². The van der Waals surface area contributed by atoms with Crippen molar-refractivity contribution in [3.63, 3.8) is 0 Å². The number of rotatable bonds is 13. The molecule has 2 aliphatic heterocycles. The van der Waals surface area contributed by atoms with Gasteiger partial charge in [0.1, 0.15) is 12.3 Å². The number of urea groups is 1. The van der Waals surface area contributed by atoms with Gasteiger partial charge in [-0.3, -0.25) is 9.69 Å². The molecule has 5 heterocycles. The molecule has 1 unspecified atom stereocenters. The number of halogens is 1. The predicted octanol–water partition coefficient (Wildman–Crippen LogP) is 1.73. The summed E-state index contributed by atoms with van der Waals surface area (Å²) in [5, 5.41) is 16.4. The molecule has 0 aromatic carbocycles. The van der Waals surface area contributed by atoms with E-state index in [4.69, 9.17) is 25.8 Å². The minimum Gasteiger partial charge on any atom is -0.474 e. The number of hydrogen-bond acceptors (Lipinski definition) is 10. The molecule has 2 aliphatic rings. The van der Waals surface area contributed by atoms with Crippen molar-refractivity contribution in [3.8, 4) is 5.88 Å². The first-order chi connectivity index (χ1) is 20.6. The molecule has 5 rings (SSSR count). The van der Waals surface area contributed by atoms with Crippen LogP contribution in [0.5, 0.6) is 5.88 Å². The van der Waals surface area contributed by atoms with Crippen LogP contribution in [0.4, 0.5) is 16.2 Å². The van der Waals surface area contributed by atoms with E-state index in [2.05, 4.69) is 41.2 Å². The number of carbonyl (C=O) groups is 2. The number of anilines is 2. The Morgan fingerprint density at radius 3 is 2.81 bits per heavy atom. The molecule has 2 fully saturated rings. The van der Waals surface area contributed by atoms with Gasteiger partial charge in [0, 0.05) is 63.9 Å². The van der Waals surface area contributed by atoms with E-state index < -0.39 is 6.03 Å². The standard InChI is InChI=1S/C27H36ClN9O5/c28-20-15-21(34-27(39)35-22-17-31-23-1-4-33-37(23)25(22)19-2-11-41-18-19)26(32-16-20)42-13-7-30-24(38)3-12-40-14-10-36-8-5-29-6-9-36/h1,4,15-17,19,29H,2-3,5-14,18H2,(H,30,38)(H2,34,35,39). The van der Waals surface area contributed by atoms with Gasteiger partial charge in [0.15, 0.2) is 5.65 Å². The second-order valence-electron chi connectivity index (χ2n) is 9.96. The van der Waals surface area contributed by atoms with Crippen molar-refractivity contribution in [1.29, 1.82) is 0 Å². The number of nitrogens with one attached hydrogen (secondary N) is 4. The quantitative estimate of drug-likeness (QED) is 0.213. The third-order valence-corrected chi connectivity index (χ3v) is 7.19. The SMILES string of the molecule is O=C(CCOCCN1CCNCC1)NCCOc1ncc(Cl)cc1NC(=O)Nc1cnc2ccnn2c1C1CCOC1. The molecular formula is C27H36ClN9O5. The molecule has 15 heteroatoms. The summed E-state index contributed by atoms with van der Waals surface area (Å²) in [7, 11) is 0. The molecule has 42 heavy (non-hydrogen) atoms. The monoisotopic (exact) mass is 601 g/mol. The zero-order chi connectivity index (χ0) is 29.1. The summed E-state index contributed by atoms with van der Waals surface area (Å²) in [6.07, 6.45) is 5.77. The Morgan fingerprint density at radius 1 is 1.12 bits per heavy atom. The van der Waals surface area contributed by atoms with Crippen molar-refractivity contribution in [3.05, 3.63) is 41.4 Å². The van der Waals surface area contributed by atoms with Gasteiger partial charge in [-0.2, -0.15) is 5.10 Å². The van der Waals surface area contributed by atoms with E-state index in [1.165, 1.54) is 6.20 Å². The topological polar surface area (TPSA) is 156 Å². The van der Waals surface area contributed by atoms with Crippen LogP contribution in [0, 0.1) is 0 Å². The molecule has 14 nitrogen and oxygen atoms in total. The maximum atomic E-state index is 13.0. The molecule has 0 spiro atoms. The summed E-state index contributed by atoms with van der Waals surface area (Å²) in [5.74, 6) is 0.107. The Kier molecular flexibility index (Phi) is 10.7. The lowest BCUT2D eigenvalue weighted by Crippen LogP contribution is -2.44. The van der Waals surface area contributed by atoms with E-state index >= 15 is 0 Å². The van der Waals surface area contributed by atoms with E-state index in [1.807, 2.05) is 0 Å². The van der Waals surface area contributed by atoms with Crippen LogP contribution in [-0.4, -0.2) is 109 Å². The van der Waals surface area contributed by atoms with Crippen LogP contribution in [0.15, 0.2) is 30.7 Å². The lowest BCUT2D eigenvalue weighted by Gasteiger charge is -2.26. The highest BCUT2D eigenvalue weighted by Crippen LogP contribution is 2.31. The number of ether oxygens (including phenoxy) is 3. The number of carbonyl (C=O) groups excluding carboxylic acids is 2. The van der Waals surface area contributed by atoms with Gasteiger partial charge >= 0.3 is 6.03 Å². The van der Waals surface area contributed by atoms with Crippen molar-refractivity contribution in [2.24, 2.45) is 0 Å². The minimum absolute atomic E-state index is 0.0662. The molecule has 3 amide bonds. The molecule has 0 aliphatic carbocycles. The van der Waals surface area contributed by atoms with Gasteiger partial charge < -0.3 is 35.5 Å². The number of hydrogen-bond donors (Lipinski definition) is 4. The Hall–Kier alpha value is -3.56. The Balaban J connectivity index is 1.08. The van der Waals surface area contributed by atoms with Crippen LogP contribution in [-0.2, 0) is 14.3 Å². The Morgan fingerprint density at radius 2 is 1.98 bits per heavy atom. The van der Waals surface area contributed by atoms with E-state index in [1.54, 1.807) is 29.0 Å². The average molecular weight is 602 g/mol. The summed E-state index contributed by atoms with van der Waals surface area (Å²) in [5.41, 5.74) is 2.30. The summed E-state index contributed by atoms with van der Waals surface area (Å²) < 4.78 is 18.6. The number of pyridine rings is 1. The summed E-state index contributed by atoms with van der Waals surface area (Å²) in [4.78, 5) is 36.1. The van der Waals surface area contributed by atoms with Gasteiger partial charge in [-0.15, -0.1) is 0 Å². The number of fused-ring (bicyclic) bond motifs is 1. The number of aromatic nitrogens is 4. The third kappa shape index (κ3) is 8.26. The van der Waals surface area contributed by atoms with Crippen molar-refractivity contribution < 1.29 is 23.8 Å². The highest BCUT2D eigenvalue weighted by molar-refractivity contribution is 6.30. The number of nitrogens with zero attached hydrogens (tertiary/aromatic N) is 5. The third-order valence-electron chi connectivity index (χ3n) is 6.98. The molecule has 0 saturated carbocycles. The van der Waals surface area contributed by atoms with Gasteiger partial charge in [-0.1, -0.05) is 11.6 Å². The van der Waals surface area contributed by atoms with Crippen LogP contribution < -0.4 is 26.0 Å². The normalized spacial score (nSPS) is 17.3. The molecule has 0 radical (unpaired) electrons. The maximum Gasteiger partial charge on any atom is 0.323 e. The molecule has 0 bridgehead atoms. The molecule has 4 N–H and O–H groups in total.